The van der Waals surface area contributed by atoms with Gasteiger partial charge in [0.1, 0.15) is 5.75 Å². The van der Waals surface area contributed by atoms with Crippen LogP contribution in [0.1, 0.15) is 24.2 Å². The smallest absolute Gasteiger partial charge is 0.159 e. The second kappa shape index (κ2) is 4.82. The van der Waals surface area contributed by atoms with Crippen LogP contribution < -0.4 is 4.74 Å². The van der Waals surface area contributed by atoms with E-state index in [1.165, 1.54) is 13.2 Å². The number of carbonyl (C=O) groups is 1. The molecule has 0 aliphatic heterocycles. The van der Waals surface area contributed by atoms with Crippen LogP contribution in [0.2, 0.25) is 5.02 Å². The van der Waals surface area contributed by atoms with Crippen LogP contribution in [0.5, 0.6) is 5.75 Å². The van der Waals surface area contributed by atoms with Crippen LogP contribution in [0.15, 0.2) is 30.5 Å². The normalized spacial score (nSPS) is 10.5. The summed E-state index contributed by atoms with van der Waals surface area (Å²) in [6.45, 7) is 3.34. The summed E-state index contributed by atoms with van der Waals surface area (Å²) < 4.78 is 5.20. The average Bonchev–Trinajstić information content (AvgIpc) is 2.15. The summed E-state index contributed by atoms with van der Waals surface area (Å²) in [4.78, 5) is 11.0. The molecule has 0 saturated heterocycles. The highest BCUT2D eigenvalue weighted by molar-refractivity contribution is 6.32. The summed E-state index contributed by atoms with van der Waals surface area (Å²) in [7, 11) is 0. The van der Waals surface area contributed by atoms with E-state index >= 15 is 0 Å². The van der Waals surface area contributed by atoms with Crippen molar-refractivity contribution in [2.45, 2.75) is 13.8 Å². The van der Waals surface area contributed by atoms with E-state index in [1.807, 2.05) is 6.92 Å². The molecule has 14 heavy (non-hydrogen) atoms. The van der Waals surface area contributed by atoms with Gasteiger partial charge >= 0.3 is 0 Å². The highest BCUT2D eigenvalue weighted by atomic mass is 35.5. The maximum absolute atomic E-state index is 11.0. The standard InChI is InChI=1S/C11H11ClO2/c1-3-6-14-11-5-4-9(8(2)13)7-10(11)12/h3-7H,1-2H3. The quantitative estimate of drug-likeness (QED) is 0.564. The molecule has 3 heteroatoms. The summed E-state index contributed by atoms with van der Waals surface area (Å²) in [5.41, 5.74) is 0.586. The van der Waals surface area contributed by atoms with Gasteiger partial charge in [0.15, 0.2) is 5.78 Å². The molecule has 0 amide bonds. The van der Waals surface area contributed by atoms with E-state index < -0.39 is 0 Å². The Labute approximate surface area is 88.1 Å². The van der Waals surface area contributed by atoms with Crippen LogP contribution in [0.3, 0.4) is 0 Å². The fourth-order valence-electron chi connectivity index (χ4n) is 0.957. The molecule has 74 valence electrons. The Hall–Kier alpha value is -1.28. The Morgan fingerprint density at radius 1 is 1.50 bits per heavy atom. The zero-order valence-corrected chi connectivity index (χ0v) is 8.84. The van der Waals surface area contributed by atoms with Crippen LogP contribution in [0.25, 0.3) is 0 Å². The predicted octanol–water partition coefficient (Wildman–Crippen LogP) is 3.46. The van der Waals surface area contributed by atoms with Crippen molar-refractivity contribution in [1.29, 1.82) is 0 Å². The van der Waals surface area contributed by atoms with Crippen LogP contribution >= 0.6 is 11.6 Å². The molecule has 1 aromatic rings. The Morgan fingerprint density at radius 2 is 2.21 bits per heavy atom. The van der Waals surface area contributed by atoms with Gasteiger partial charge in [0.2, 0.25) is 0 Å². The molecular formula is C11H11ClO2. The van der Waals surface area contributed by atoms with Crippen molar-refractivity contribution < 1.29 is 9.53 Å². The number of halogens is 1. The third-order valence-corrected chi connectivity index (χ3v) is 1.96. The first-order valence-electron chi connectivity index (χ1n) is 4.23. The van der Waals surface area contributed by atoms with E-state index in [0.717, 1.165) is 0 Å². The molecule has 0 N–H and O–H groups in total. The second-order valence-corrected chi connectivity index (χ2v) is 3.20. The number of hydrogen-bond acceptors (Lipinski definition) is 2. The zero-order chi connectivity index (χ0) is 10.6. The van der Waals surface area contributed by atoms with Crippen molar-refractivity contribution in [2.75, 3.05) is 0 Å². The van der Waals surface area contributed by atoms with E-state index in [4.69, 9.17) is 16.3 Å². The topological polar surface area (TPSA) is 26.3 Å². The fraction of sp³-hybridized carbons (Fsp3) is 0.182. The number of rotatable bonds is 3. The molecule has 0 aliphatic rings. The summed E-state index contributed by atoms with van der Waals surface area (Å²) in [6.07, 6.45) is 3.30. The second-order valence-electron chi connectivity index (χ2n) is 2.79. The van der Waals surface area contributed by atoms with E-state index in [9.17, 15) is 4.79 Å². The highest BCUT2D eigenvalue weighted by Crippen LogP contribution is 2.25. The summed E-state index contributed by atoms with van der Waals surface area (Å²) in [6, 6.07) is 4.97. The monoisotopic (exact) mass is 210 g/mol. The van der Waals surface area contributed by atoms with Gasteiger partial charge in [-0.2, -0.15) is 0 Å². The van der Waals surface area contributed by atoms with Crippen molar-refractivity contribution in [3.05, 3.63) is 41.1 Å². The first-order chi connectivity index (χ1) is 6.65. The van der Waals surface area contributed by atoms with Gasteiger partial charge in [0.05, 0.1) is 11.3 Å². The van der Waals surface area contributed by atoms with Crippen molar-refractivity contribution in [3.8, 4) is 5.75 Å². The number of ketones is 1. The Balaban J connectivity index is 2.95. The molecule has 0 spiro atoms. The minimum absolute atomic E-state index is 0.00974. The summed E-state index contributed by atoms with van der Waals surface area (Å²) in [5, 5.41) is 0.441. The lowest BCUT2D eigenvalue weighted by atomic mass is 10.1. The van der Waals surface area contributed by atoms with Gasteiger partial charge in [-0.15, -0.1) is 0 Å². The molecule has 0 saturated carbocycles. The van der Waals surface area contributed by atoms with E-state index in [2.05, 4.69) is 0 Å². The first kappa shape index (κ1) is 10.8. The van der Waals surface area contributed by atoms with Gasteiger partial charge in [0.25, 0.3) is 0 Å². The van der Waals surface area contributed by atoms with Crippen molar-refractivity contribution in [1.82, 2.24) is 0 Å². The van der Waals surface area contributed by atoms with E-state index in [-0.39, 0.29) is 5.78 Å². The van der Waals surface area contributed by atoms with Gasteiger partial charge in [-0.1, -0.05) is 17.7 Å². The van der Waals surface area contributed by atoms with Crippen LogP contribution in [-0.4, -0.2) is 5.78 Å². The number of ether oxygens (including phenoxy) is 1. The van der Waals surface area contributed by atoms with Gasteiger partial charge in [0, 0.05) is 5.56 Å². The van der Waals surface area contributed by atoms with Crippen molar-refractivity contribution >= 4 is 17.4 Å². The molecule has 0 radical (unpaired) electrons. The molecule has 0 fully saturated rings. The van der Waals surface area contributed by atoms with Crippen LogP contribution in [0.4, 0.5) is 0 Å². The molecule has 1 aromatic carbocycles. The Morgan fingerprint density at radius 3 is 2.71 bits per heavy atom. The fourth-order valence-corrected chi connectivity index (χ4v) is 1.18. The summed E-state index contributed by atoms with van der Waals surface area (Å²) in [5.74, 6) is 0.541. The Bertz CT molecular complexity index is 370. The van der Waals surface area contributed by atoms with Gasteiger partial charge in [-0.25, -0.2) is 0 Å². The van der Waals surface area contributed by atoms with Crippen molar-refractivity contribution in [2.24, 2.45) is 0 Å². The van der Waals surface area contributed by atoms with Crippen molar-refractivity contribution in [3.63, 3.8) is 0 Å². The first-order valence-corrected chi connectivity index (χ1v) is 4.61. The van der Waals surface area contributed by atoms with Crippen LogP contribution in [0, 0.1) is 0 Å². The molecule has 1 rings (SSSR count). The highest BCUT2D eigenvalue weighted by Gasteiger charge is 2.04. The third-order valence-electron chi connectivity index (χ3n) is 1.67. The molecule has 0 unspecified atom stereocenters. The molecule has 2 nitrogen and oxygen atoms in total. The van der Waals surface area contributed by atoms with Gasteiger partial charge < -0.3 is 4.74 Å². The van der Waals surface area contributed by atoms with Gasteiger partial charge in [-0.3, -0.25) is 4.79 Å². The molecule has 0 heterocycles. The molecule has 0 bridgehead atoms. The third kappa shape index (κ3) is 2.60. The number of carbonyl (C=O) groups excluding carboxylic acids is 1. The number of benzene rings is 1. The lowest BCUT2D eigenvalue weighted by Gasteiger charge is -2.03. The molecule has 0 aromatic heterocycles. The number of hydrogen-bond donors (Lipinski definition) is 0. The van der Waals surface area contributed by atoms with Gasteiger partial charge in [-0.05, 0) is 32.0 Å². The lowest BCUT2D eigenvalue weighted by molar-refractivity contribution is 0.101. The van der Waals surface area contributed by atoms with Crippen LogP contribution in [-0.2, 0) is 0 Å². The minimum Gasteiger partial charge on any atom is -0.464 e. The molecular weight excluding hydrogens is 200 g/mol. The number of Topliss-reactive ketones (excluding diaryl/α,β-unsaturated/α-hetero) is 1. The van der Waals surface area contributed by atoms with E-state index in [1.54, 1.807) is 24.3 Å². The maximum Gasteiger partial charge on any atom is 0.159 e. The largest absolute Gasteiger partial charge is 0.464 e. The SMILES string of the molecule is CC=COc1ccc(C(C)=O)cc1Cl. The predicted molar refractivity (Wildman–Crippen MR) is 56.9 cm³/mol. The van der Waals surface area contributed by atoms with E-state index in [0.29, 0.717) is 16.3 Å². The minimum atomic E-state index is -0.00974. The molecule has 0 aliphatic carbocycles. The Kier molecular flexibility index (Phi) is 3.72. The lowest BCUT2D eigenvalue weighted by Crippen LogP contribution is -1.92. The maximum atomic E-state index is 11.0. The molecule has 0 atom stereocenters. The summed E-state index contributed by atoms with van der Waals surface area (Å²) >= 11 is 5.90. The zero-order valence-electron chi connectivity index (χ0n) is 8.08. The average molecular weight is 211 g/mol. The number of allylic oxidation sites excluding steroid dienone is 1.